The Kier molecular flexibility index (Phi) is 11.7. The van der Waals surface area contributed by atoms with E-state index in [4.69, 9.17) is 0 Å². The summed E-state index contributed by atoms with van der Waals surface area (Å²) in [6.07, 6.45) is 9.51. The molecule has 0 fully saturated rings. The summed E-state index contributed by atoms with van der Waals surface area (Å²) in [5, 5.41) is 0. The minimum absolute atomic E-state index is 0. The van der Waals surface area contributed by atoms with E-state index in [1.54, 1.807) is 24.7 Å². The van der Waals surface area contributed by atoms with Gasteiger partial charge >= 0.3 is 20.4 Å². The molecule has 0 unspecified atom stereocenters. The van der Waals surface area contributed by atoms with Crippen molar-refractivity contribution in [3.05, 3.63) is 83.9 Å². The minimum atomic E-state index is 0. The fourth-order valence-corrected chi connectivity index (χ4v) is 1.39. The fourth-order valence-electron chi connectivity index (χ4n) is 1.39. The summed E-state index contributed by atoms with van der Waals surface area (Å²) in [7, 11) is 0. The zero-order valence-corrected chi connectivity index (χ0v) is 12.8. The topological polar surface area (TPSA) is 34.1 Å². The molecule has 0 amide bonds. The van der Waals surface area contributed by atoms with E-state index >= 15 is 0 Å². The van der Waals surface area contributed by atoms with Gasteiger partial charge in [-0.3, -0.25) is 0 Å². The third-order valence-corrected chi connectivity index (χ3v) is 2.29. The maximum atomic E-state index is 9.77. The maximum absolute atomic E-state index is 9.77. The van der Waals surface area contributed by atoms with Crippen molar-refractivity contribution in [2.75, 3.05) is 0 Å². The number of rotatable bonds is 4. The Labute approximate surface area is 138 Å². The molecule has 0 saturated carbocycles. The molecule has 108 valence electrons. The molecule has 0 radical (unpaired) electrons. The van der Waals surface area contributed by atoms with Gasteiger partial charge in [0, 0.05) is 0 Å². The van der Waals surface area contributed by atoms with Crippen LogP contribution < -0.4 is 0 Å². The first-order chi connectivity index (χ1) is 9.86. The van der Waals surface area contributed by atoms with Crippen molar-refractivity contribution in [1.29, 1.82) is 0 Å². The van der Waals surface area contributed by atoms with Gasteiger partial charge in [-0.25, -0.2) is 12.2 Å². The van der Waals surface area contributed by atoms with Crippen molar-refractivity contribution in [2.24, 2.45) is 0 Å². The van der Waals surface area contributed by atoms with E-state index in [1.165, 1.54) is 12.2 Å². The molecule has 0 aliphatic rings. The van der Waals surface area contributed by atoms with Crippen LogP contribution in [0.4, 0.5) is 0 Å². The Bertz CT molecular complexity index is 507. The van der Waals surface area contributed by atoms with Gasteiger partial charge < -0.3 is 9.59 Å². The third-order valence-electron chi connectivity index (χ3n) is 2.29. The van der Waals surface area contributed by atoms with Crippen molar-refractivity contribution in [3.63, 3.8) is 0 Å². The molecule has 2 rings (SSSR count). The molecule has 0 saturated heterocycles. The van der Waals surface area contributed by atoms with Gasteiger partial charge in [-0.1, -0.05) is 60.7 Å². The Balaban J connectivity index is 0.000000364. The summed E-state index contributed by atoms with van der Waals surface area (Å²) in [4.78, 5) is 19.5. The summed E-state index contributed by atoms with van der Waals surface area (Å²) in [5.41, 5.74) is 2.04. The summed E-state index contributed by atoms with van der Waals surface area (Å²) >= 11 is 0. The van der Waals surface area contributed by atoms with Crippen molar-refractivity contribution in [3.8, 4) is 0 Å². The molecule has 2 nitrogen and oxygen atoms in total. The number of allylic oxidation sites excluding steroid dienone is 2. The monoisotopic (exact) mass is 368 g/mol. The summed E-state index contributed by atoms with van der Waals surface area (Å²) in [5.74, 6) is 0. The van der Waals surface area contributed by atoms with Crippen LogP contribution in [-0.4, -0.2) is 12.6 Å². The normalized spacial score (nSPS) is 9.52. The second-order valence-electron chi connectivity index (χ2n) is 3.72. The maximum Gasteiger partial charge on any atom is 2.00 e. The summed E-state index contributed by atoms with van der Waals surface area (Å²) in [6.45, 7) is 0. The molecule has 2 aromatic rings. The molecule has 21 heavy (non-hydrogen) atoms. The van der Waals surface area contributed by atoms with E-state index in [2.05, 4.69) is 0 Å². The van der Waals surface area contributed by atoms with Crippen molar-refractivity contribution in [1.82, 2.24) is 0 Å². The Hall–Kier alpha value is -2.08. The molecule has 0 bridgehead atoms. The van der Waals surface area contributed by atoms with Crippen LogP contribution in [0.5, 0.6) is 0 Å². The smallest absolute Gasteiger partial charge is 0.419 e. The van der Waals surface area contributed by atoms with Gasteiger partial charge in [0.15, 0.2) is 0 Å². The van der Waals surface area contributed by atoms with Crippen LogP contribution in [-0.2, 0) is 30.0 Å². The van der Waals surface area contributed by atoms with Gasteiger partial charge in [-0.05, 0) is 12.6 Å². The van der Waals surface area contributed by atoms with Gasteiger partial charge in [-0.15, -0.1) is 11.1 Å². The number of carbonyl (C=O) groups excluding carboxylic acids is 2. The molecule has 0 heterocycles. The molecule has 0 aliphatic heterocycles. The number of hydrogen-bond donors (Lipinski definition) is 0. The van der Waals surface area contributed by atoms with Crippen LogP contribution in [0.3, 0.4) is 0 Å². The average Bonchev–Trinajstić information content (AvgIpc) is 2.53. The number of benzene rings is 2. The van der Waals surface area contributed by atoms with Gasteiger partial charge in [0.1, 0.15) is 0 Å². The Morgan fingerprint density at radius 1 is 0.619 bits per heavy atom. The molecule has 3 heteroatoms. The molecule has 0 aliphatic carbocycles. The van der Waals surface area contributed by atoms with E-state index in [1.807, 2.05) is 60.7 Å². The van der Waals surface area contributed by atoms with Gasteiger partial charge in [0.2, 0.25) is 0 Å². The molecule has 0 aromatic heterocycles. The van der Waals surface area contributed by atoms with Crippen LogP contribution in [0, 0.1) is 0 Å². The van der Waals surface area contributed by atoms with Crippen molar-refractivity contribution < 1.29 is 30.0 Å². The second kappa shape index (κ2) is 12.9. The van der Waals surface area contributed by atoms with E-state index in [0.717, 1.165) is 11.1 Å². The van der Waals surface area contributed by atoms with Crippen LogP contribution in [0.1, 0.15) is 11.1 Å². The van der Waals surface area contributed by atoms with Crippen LogP contribution in [0.15, 0.2) is 72.8 Å². The summed E-state index contributed by atoms with van der Waals surface area (Å²) in [6, 6.07) is 19.2. The van der Waals surface area contributed by atoms with Crippen molar-refractivity contribution in [2.45, 2.75) is 0 Å². The third kappa shape index (κ3) is 9.45. The standard InChI is InChI=1S/2C9H7O.Pd/c2*10-8-4-7-9-5-2-1-3-6-9;/h2*1-7H;/q2*-1;+2. The van der Waals surface area contributed by atoms with Gasteiger partial charge in [0.05, 0.1) is 0 Å². The van der Waals surface area contributed by atoms with Crippen LogP contribution in [0.25, 0.3) is 12.2 Å². The van der Waals surface area contributed by atoms with Crippen molar-refractivity contribution >= 4 is 24.7 Å². The van der Waals surface area contributed by atoms with E-state index in [-0.39, 0.29) is 20.4 Å². The minimum Gasteiger partial charge on any atom is -0.419 e. The molecular weight excluding hydrogens is 355 g/mol. The number of hydrogen-bond acceptors (Lipinski definition) is 2. The molecule has 0 atom stereocenters. The van der Waals surface area contributed by atoms with Gasteiger partial charge in [0.25, 0.3) is 0 Å². The largest absolute Gasteiger partial charge is 2.00 e. The SMILES string of the molecule is O=[C-]C=Cc1ccccc1.O=[C-]C=Cc1ccccc1.[Pd+2]. The quantitative estimate of drug-likeness (QED) is 0.469. The predicted octanol–water partition coefficient (Wildman–Crippen LogP) is 3.62. The molecule has 0 spiro atoms. The first-order valence-corrected chi connectivity index (χ1v) is 6.05. The predicted molar refractivity (Wildman–Crippen MR) is 82.3 cm³/mol. The Morgan fingerprint density at radius 3 is 1.24 bits per heavy atom. The van der Waals surface area contributed by atoms with E-state index in [0.29, 0.717) is 0 Å². The zero-order chi connectivity index (χ0) is 14.5. The molecule has 0 N–H and O–H groups in total. The average molecular weight is 369 g/mol. The molecule has 2 aromatic carbocycles. The van der Waals surface area contributed by atoms with Crippen LogP contribution >= 0.6 is 0 Å². The van der Waals surface area contributed by atoms with Gasteiger partial charge in [-0.2, -0.15) is 12.2 Å². The zero-order valence-electron chi connectivity index (χ0n) is 11.2. The van der Waals surface area contributed by atoms with E-state index in [9.17, 15) is 9.59 Å². The summed E-state index contributed by atoms with van der Waals surface area (Å²) < 4.78 is 0. The Morgan fingerprint density at radius 2 is 0.952 bits per heavy atom. The second-order valence-corrected chi connectivity index (χ2v) is 3.72. The fraction of sp³-hybridized carbons (Fsp3) is 0. The first kappa shape index (κ1) is 18.9. The molecular formula is C18H14O2Pd. The van der Waals surface area contributed by atoms with E-state index < -0.39 is 0 Å². The first-order valence-electron chi connectivity index (χ1n) is 6.05. The van der Waals surface area contributed by atoms with Crippen LogP contribution in [0.2, 0.25) is 0 Å².